The van der Waals surface area contributed by atoms with Gasteiger partial charge in [-0.05, 0) is 49.7 Å². The molecule has 0 unspecified atom stereocenters. The maximum atomic E-state index is 11.3. The Hall–Kier alpha value is -3.10. The lowest BCUT2D eigenvalue weighted by molar-refractivity contribution is 0.269. The van der Waals surface area contributed by atoms with Crippen molar-refractivity contribution in [1.82, 2.24) is 15.2 Å². The fourth-order valence-corrected chi connectivity index (χ4v) is 2.99. The highest BCUT2D eigenvalue weighted by atomic mass is 35.5. The molecule has 3 rings (SSSR count). The van der Waals surface area contributed by atoms with E-state index < -0.39 is 5.69 Å². The normalized spacial score (nSPS) is 10.9. The summed E-state index contributed by atoms with van der Waals surface area (Å²) in [6.45, 7) is 4.24. The van der Waals surface area contributed by atoms with Crippen LogP contribution in [0, 0.1) is 6.92 Å². The zero-order valence-electron chi connectivity index (χ0n) is 16.3. The van der Waals surface area contributed by atoms with Crippen LogP contribution in [0.5, 0.6) is 11.5 Å². The average Bonchev–Trinajstić information content (AvgIpc) is 2.72. The van der Waals surface area contributed by atoms with Crippen LogP contribution >= 0.6 is 23.2 Å². The number of hydrogen-bond acceptors (Lipinski definition) is 7. The first-order valence-corrected chi connectivity index (χ1v) is 9.78. The van der Waals surface area contributed by atoms with Crippen molar-refractivity contribution in [2.24, 2.45) is 5.10 Å². The number of H-pyrrole nitrogens is 1. The topological polar surface area (TPSA) is 101 Å². The Labute approximate surface area is 182 Å². The number of aryl methyl sites for hydroxylation is 1. The first-order valence-electron chi connectivity index (χ1n) is 9.03. The maximum Gasteiger partial charge on any atom is 0.363 e. The molecule has 10 heteroatoms. The smallest absolute Gasteiger partial charge is 0.363 e. The number of hydrazone groups is 1. The minimum Gasteiger partial charge on any atom is -0.490 e. The minimum atomic E-state index is -0.558. The zero-order valence-corrected chi connectivity index (χ0v) is 17.8. The molecule has 0 aliphatic carbocycles. The van der Waals surface area contributed by atoms with Crippen LogP contribution in [0.25, 0.3) is 0 Å². The van der Waals surface area contributed by atoms with Crippen molar-refractivity contribution in [3.8, 4) is 11.5 Å². The van der Waals surface area contributed by atoms with E-state index >= 15 is 0 Å². The Morgan fingerprint density at radius 1 is 1.17 bits per heavy atom. The lowest BCUT2D eigenvalue weighted by Gasteiger charge is -2.14. The molecular weight excluding hydrogens is 429 g/mol. The molecule has 0 amide bonds. The lowest BCUT2D eigenvalue weighted by Crippen LogP contribution is -2.15. The number of nitrogens with zero attached hydrogens (tertiary/aromatic N) is 3. The van der Waals surface area contributed by atoms with Crippen LogP contribution in [0.2, 0.25) is 10.0 Å². The molecule has 2 aromatic carbocycles. The van der Waals surface area contributed by atoms with Crippen molar-refractivity contribution in [1.29, 1.82) is 0 Å². The van der Waals surface area contributed by atoms with Gasteiger partial charge in [-0.1, -0.05) is 29.3 Å². The third-order valence-corrected chi connectivity index (χ3v) is 4.67. The van der Waals surface area contributed by atoms with Crippen LogP contribution in [-0.2, 0) is 6.61 Å². The van der Waals surface area contributed by atoms with Crippen molar-refractivity contribution in [3.63, 3.8) is 0 Å². The van der Waals surface area contributed by atoms with Crippen LogP contribution in [0.1, 0.15) is 23.7 Å². The Morgan fingerprint density at radius 2 is 1.93 bits per heavy atom. The second-order valence-electron chi connectivity index (χ2n) is 6.07. The lowest BCUT2D eigenvalue weighted by atomic mass is 10.2. The summed E-state index contributed by atoms with van der Waals surface area (Å²) >= 11 is 12.4. The summed E-state index contributed by atoms with van der Waals surface area (Å²) in [6.07, 6.45) is 1.57. The van der Waals surface area contributed by atoms with E-state index in [2.05, 4.69) is 25.7 Å². The Kier molecular flexibility index (Phi) is 7.26. The number of ether oxygens (including phenoxy) is 2. The van der Waals surface area contributed by atoms with Gasteiger partial charge in [0.25, 0.3) is 0 Å². The predicted octanol–water partition coefficient (Wildman–Crippen LogP) is 4.20. The van der Waals surface area contributed by atoms with Gasteiger partial charge in [0.2, 0.25) is 0 Å². The van der Waals surface area contributed by atoms with Gasteiger partial charge in [-0.2, -0.15) is 15.2 Å². The SMILES string of the molecule is CCOc1cc(C=NNc2nc(=O)[nH]nc2C)ccc1OCc1c(Cl)cccc1Cl. The molecule has 0 fully saturated rings. The first kappa shape index (κ1) is 21.6. The molecule has 8 nitrogen and oxygen atoms in total. The molecule has 0 bridgehead atoms. The molecule has 0 saturated heterocycles. The highest BCUT2D eigenvalue weighted by Gasteiger charge is 2.10. The number of halogens is 2. The fraction of sp³-hybridized carbons (Fsp3) is 0.200. The monoisotopic (exact) mass is 447 g/mol. The van der Waals surface area contributed by atoms with E-state index in [1.165, 1.54) is 0 Å². The summed E-state index contributed by atoms with van der Waals surface area (Å²) in [5.74, 6) is 1.38. The summed E-state index contributed by atoms with van der Waals surface area (Å²) in [6, 6.07) is 10.7. The third kappa shape index (κ3) is 5.49. The number of hydrogen-bond donors (Lipinski definition) is 2. The number of benzene rings is 2. The molecule has 0 aliphatic rings. The standard InChI is InChI=1S/C20H19Cl2N5O3/c1-3-29-18-9-13(10-23-26-19-12(2)25-27-20(28)24-19)7-8-17(18)30-11-14-15(21)5-4-6-16(14)22/h4-10H,3,11H2,1-2H3,(H2,24,26,27,28). The Bertz CT molecular complexity index is 1100. The number of aromatic nitrogens is 3. The Morgan fingerprint density at radius 3 is 2.67 bits per heavy atom. The van der Waals surface area contributed by atoms with Crippen molar-refractivity contribution < 1.29 is 9.47 Å². The molecule has 0 saturated carbocycles. The molecule has 0 spiro atoms. The molecule has 0 radical (unpaired) electrons. The largest absolute Gasteiger partial charge is 0.490 e. The third-order valence-electron chi connectivity index (χ3n) is 3.96. The number of anilines is 1. The fourth-order valence-electron chi connectivity index (χ4n) is 2.48. The van der Waals surface area contributed by atoms with Crippen LogP contribution in [0.3, 0.4) is 0 Å². The highest BCUT2D eigenvalue weighted by Crippen LogP contribution is 2.31. The number of rotatable bonds is 8. The maximum absolute atomic E-state index is 11.3. The molecule has 0 aliphatic heterocycles. The van der Waals surface area contributed by atoms with Crippen LogP contribution < -0.4 is 20.6 Å². The summed E-state index contributed by atoms with van der Waals surface area (Å²) in [5.41, 5.74) is 4.12. The van der Waals surface area contributed by atoms with E-state index in [-0.39, 0.29) is 12.4 Å². The van der Waals surface area contributed by atoms with Gasteiger partial charge in [0, 0.05) is 15.6 Å². The molecule has 30 heavy (non-hydrogen) atoms. The van der Waals surface area contributed by atoms with E-state index in [1.807, 2.05) is 13.0 Å². The molecular formula is C20H19Cl2N5O3. The van der Waals surface area contributed by atoms with Gasteiger partial charge >= 0.3 is 5.69 Å². The highest BCUT2D eigenvalue weighted by molar-refractivity contribution is 6.35. The summed E-state index contributed by atoms with van der Waals surface area (Å²) < 4.78 is 11.6. The van der Waals surface area contributed by atoms with Gasteiger partial charge in [0.1, 0.15) is 12.3 Å². The van der Waals surface area contributed by atoms with Crippen LogP contribution in [0.15, 0.2) is 46.3 Å². The second kappa shape index (κ2) is 10.1. The van der Waals surface area contributed by atoms with Crippen molar-refractivity contribution in [2.75, 3.05) is 12.0 Å². The molecule has 3 aromatic rings. The van der Waals surface area contributed by atoms with E-state index in [9.17, 15) is 4.79 Å². The minimum absolute atomic E-state index is 0.202. The number of aromatic amines is 1. The summed E-state index contributed by atoms with van der Waals surface area (Å²) in [5, 5.41) is 11.2. The molecule has 2 N–H and O–H groups in total. The zero-order chi connectivity index (χ0) is 21.5. The first-order chi connectivity index (χ1) is 14.5. The van der Waals surface area contributed by atoms with Gasteiger partial charge in [-0.25, -0.2) is 9.89 Å². The van der Waals surface area contributed by atoms with Gasteiger partial charge in [0.05, 0.1) is 12.8 Å². The summed E-state index contributed by atoms with van der Waals surface area (Å²) in [4.78, 5) is 15.0. The average molecular weight is 448 g/mol. The molecule has 1 heterocycles. The Balaban J connectivity index is 1.74. The van der Waals surface area contributed by atoms with Gasteiger partial charge in [-0.15, -0.1) is 0 Å². The quantitative estimate of drug-likeness (QED) is 0.396. The van der Waals surface area contributed by atoms with Crippen molar-refractivity contribution in [3.05, 3.63) is 73.7 Å². The van der Waals surface area contributed by atoms with Gasteiger partial charge in [-0.3, -0.25) is 5.43 Å². The van der Waals surface area contributed by atoms with E-state index in [1.54, 1.807) is 43.5 Å². The van der Waals surface area contributed by atoms with Gasteiger partial charge in [0.15, 0.2) is 17.3 Å². The second-order valence-corrected chi connectivity index (χ2v) is 6.89. The molecule has 1 aromatic heterocycles. The van der Waals surface area contributed by atoms with Gasteiger partial charge < -0.3 is 9.47 Å². The van der Waals surface area contributed by atoms with E-state index in [0.29, 0.717) is 39.4 Å². The van der Waals surface area contributed by atoms with Crippen molar-refractivity contribution >= 4 is 35.2 Å². The summed E-state index contributed by atoms with van der Waals surface area (Å²) in [7, 11) is 0. The van der Waals surface area contributed by atoms with Crippen LogP contribution in [-0.4, -0.2) is 28.0 Å². The van der Waals surface area contributed by atoms with E-state index in [4.69, 9.17) is 32.7 Å². The number of nitrogens with one attached hydrogen (secondary N) is 2. The molecule has 156 valence electrons. The van der Waals surface area contributed by atoms with Crippen LogP contribution in [0.4, 0.5) is 5.82 Å². The van der Waals surface area contributed by atoms with E-state index in [0.717, 1.165) is 5.56 Å². The molecule has 0 atom stereocenters. The predicted molar refractivity (Wildman–Crippen MR) is 117 cm³/mol. The van der Waals surface area contributed by atoms with Crippen molar-refractivity contribution in [2.45, 2.75) is 20.5 Å².